The van der Waals surface area contributed by atoms with Crippen LogP contribution in [0.4, 0.5) is 0 Å². The molecule has 2 heterocycles. The molecule has 17 heavy (non-hydrogen) atoms. The number of aromatic nitrogens is 1. The van der Waals surface area contributed by atoms with Gasteiger partial charge in [0.25, 0.3) is 0 Å². The van der Waals surface area contributed by atoms with E-state index in [2.05, 4.69) is 10.3 Å². The summed E-state index contributed by atoms with van der Waals surface area (Å²) in [6.45, 7) is 4.07. The summed E-state index contributed by atoms with van der Waals surface area (Å²) in [4.78, 5) is 4.61. The van der Waals surface area contributed by atoms with Crippen LogP contribution in [0.3, 0.4) is 0 Å². The minimum Gasteiger partial charge on any atom is -0.439 e. The number of hydrogen-bond acceptors (Lipinski definition) is 3. The highest BCUT2D eigenvalue weighted by atomic mass is 35.5. The second-order valence-electron chi connectivity index (χ2n) is 4.64. The molecule has 4 heteroatoms. The van der Waals surface area contributed by atoms with Crippen LogP contribution in [-0.4, -0.2) is 18.1 Å². The average molecular weight is 251 g/mol. The predicted molar refractivity (Wildman–Crippen MR) is 68.6 cm³/mol. The largest absolute Gasteiger partial charge is 0.439 e. The summed E-state index contributed by atoms with van der Waals surface area (Å²) in [5.41, 5.74) is 2.74. The number of benzene rings is 1. The fourth-order valence-corrected chi connectivity index (χ4v) is 2.55. The predicted octanol–water partition coefficient (Wildman–Crippen LogP) is 3.26. The first-order chi connectivity index (χ1) is 8.25. The summed E-state index contributed by atoms with van der Waals surface area (Å²) in [6, 6.07) is 3.85. The fourth-order valence-electron chi connectivity index (χ4n) is 2.36. The van der Waals surface area contributed by atoms with E-state index in [0.29, 0.717) is 10.9 Å². The number of fused-ring (bicyclic) bond motifs is 1. The zero-order chi connectivity index (χ0) is 11.8. The third-order valence-electron chi connectivity index (χ3n) is 3.36. The topological polar surface area (TPSA) is 38.1 Å². The van der Waals surface area contributed by atoms with Crippen LogP contribution in [0.1, 0.15) is 30.2 Å². The molecule has 1 unspecified atom stereocenters. The van der Waals surface area contributed by atoms with Crippen molar-refractivity contribution in [3.63, 3.8) is 0 Å². The van der Waals surface area contributed by atoms with Crippen LogP contribution in [0.25, 0.3) is 11.1 Å². The van der Waals surface area contributed by atoms with Crippen LogP contribution in [0, 0.1) is 6.92 Å². The molecule has 0 amide bonds. The number of nitrogens with zero attached hydrogens (tertiary/aromatic N) is 1. The Bertz CT molecular complexity index is 505. The van der Waals surface area contributed by atoms with Crippen molar-refractivity contribution in [2.24, 2.45) is 0 Å². The third kappa shape index (κ3) is 1.94. The minimum atomic E-state index is 0.381. The van der Waals surface area contributed by atoms with Crippen molar-refractivity contribution in [2.75, 3.05) is 13.1 Å². The van der Waals surface area contributed by atoms with Crippen LogP contribution >= 0.6 is 11.6 Å². The number of aryl methyl sites for hydroxylation is 1. The van der Waals surface area contributed by atoms with Gasteiger partial charge in [0.05, 0.1) is 5.02 Å². The third-order valence-corrected chi connectivity index (χ3v) is 3.66. The zero-order valence-electron chi connectivity index (χ0n) is 9.79. The fraction of sp³-hybridized carbons (Fsp3) is 0.462. The molecule has 3 rings (SSSR count). The van der Waals surface area contributed by atoms with Gasteiger partial charge in [0.2, 0.25) is 0 Å². The molecule has 1 aliphatic heterocycles. The summed E-state index contributed by atoms with van der Waals surface area (Å²) in [5.74, 6) is 1.20. The van der Waals surface area contributed by atoms with Crippen LogP contribution in [0.15, 0.2) is 16.5 Å². The lowest BCUT2D eigenvalue weighted by molar-refractivity contribution is 0.387. The first-order valence-corrected chi connectivity index (χ1v) is 6.40. The highest BCUT2D eigenvalue weighted by molar-refractivity contribution is 6.34. The van der Waals surface area contributed by atoms with E-state index in [-0.39, 0.29) is 0 Å². The minimum absolute atomic E-state index is 0.381. The number of oxazole rings is 1. The Morgan fingerprint density at radius 3 is 3.06 bits per heavy atom. The van der Waals surface area contributed by atoms with Gasteiger partial charge >= 0.3 is 0 Å². The van der Waals surface area contributed by atoms with Crippen molar-refractivity contribution >= 4 is 22.7 Å². The molecule has 3 nitrogen and oxygen atoms in total. The summed E-state index contributed by atoms with van der Waals surface area (Å²) < 4.78 is 5.84. The molecule has 1 fully saturated rings. The molecule has 0 aliphatic carbocycles. The Balaban J connectivity index is 2.06. The van der Waals surface area contributed by atoms with Gasteiger partial charge in [-0.3, -0.25) is 0 Å². The van der Waals surface area contributed by atoms with Gasteiger partial charge in [-0.2, -0.15) is 0 Å². The summed E-state index contributed by atoms with van der Waals surface area (Å²) >= 11 is 6.13. The highest BCUT2D eigenvalue weighted by Crippen LogP contribution is 2.31. The maximum absolute atomic E-state index is 6.13. The monoisotopic (exact) mass is 250 g/mol. The highest BCUT2D eigenvalue weighted by Gasteiger charge is 2.21. The number of rotatable bonds is 1. The molecule has 1 atom stereocenters. The number of piperidine rings is 1. The summed E-state index contributed by atoms with van der Waals surface area (Å²) in [7, 11) is 0. The number of halogens is 1. The van der Waals surface area contributed by atoms with Crippen molar-refractivity contribution in [1.82, 2.24) is 10.3 Å². The Hall–Kier alpha value is -1.06. The van der Waals surface area contributed by atoms with Gasteiger partial charge in [-0.25, -0.2) is 4.98 Å². The van der Waals surface area contributed by atoms with Crippen LogP contribution in [-0.2, 0) is 0 Å². The Morgan fingerprint density at radius 2 is 2.35 bits per heavy atom. The van der Waals surface area contributed by atoms with Gasteiger partial charge in [-0.1, -0.05) is 17.7 Å². The maximum atomic E-state index is 6.13. The van der Waals surface area contributed by atoms with E-state index in [4.69, 9.17) is 16.0 Å². The van der Waals surface area contributed by atoms with Crippen molar-refractivity contribution in [2.45, 2.75) is 25.7 Å². The average Bonchev–Trinajstić information content (AvgIpc) is 2.81. The van der Waals surface area contributed by atoms with Crippen molar-refractivity contribution in [3.05, 3.63) is 28.6 Å². The van der Waals surface area contributed by atoms with Crippen molar-refractivity contribution in [3.8, 4) is 0 Å². The SMILES string of the molecule is Cc1ccc(Cl)c2oc(C3CCCNC3)nc12. The Labute approximate surface area is 105 Å². The normalized spacial score (nSPS) is 20.9. The molecule has 0 radical (unpaired) electrons. The van der Waals surface area contributed by atoms with E-state index < -0.39 is 0 Å². The van der Waals surface area contributed by atoms with E-state index in [9.17, 15) is 0 Å². The first kappa shape index (κ1) is 11.1. The lowest BCUT2D eigenvalue weighted by Crippen LogP contribution is -2.28. The lowest BCUT2D eigenvalue weighted by atomic mass is 10.00. The quantitative estimate of drug-likeness (QED) is 0.844. The van der Waals surface area contributed by atoms with Crippen LogP contribution in [0.2, 0.25) is 5.02 Å². The standard InChI is InChI=1S/C13H15ClN2O/c1-8-4-5-10(14)12-11(8)16-13(17-12)9-3-2-6-15-7-9/h4-5,9,15H,2-3,6-7H2,1H3. The van der Waals surface area contributed by atoms with Crippen molar-refractivity contribution < 1.29 is 4.42 Å². The smallest absolute Gasteiger partial charge is 0.199 e. The second kappa shape index (κ2) is 4.31. The molecular formula is C13H15ClN2O. The van der Waals surface area contributed by atoms with Gasteiger partial charge in [0, 0.05) is 12.5 Å². The van der Waals surface area contributed by atoms with E-state index >= 15 is 0 Å². The van der Waals surface area contributed by atoms with Crippen LogP contribution in [0.5, 0.6) is 0 Å². The molecule has 0 spiro atoms. The molecule has 1 aliphatic rings. The van der Waals surface area contributed by atoms with Gasteiger partial charge in [-0.05, 0) is 37.9 Å². The summed E-state index contributed by atoms with van der Waals surface area (Å²) in [5, 5.41) is 4.02. The molecule has 1 saturated heterocycles. The molecule has 0 saturated carbocycles. The Morgan fingerprint density at radius 1 is 1.47 bits per heavy atom. The lowest BCUT2D eigenvalue weighted by Gasteiger charge is -2.19. The maximum Gasteiger partial charge on any atom is 0.199 e. The van der Waals surface area contributed by atoms with Gasteiger partial charge in [0.15, 0.2) is 11.5 Å². The van der Waals surface area contributed by atoms with Gasteiger partial charge < -0.3 is 9.73 Å². The van der Waals surface area contributed by atoms with Crippen molar-refractivity contribution in [1.29, 1.82) is 0 Å². The molecule has 0 bridgehead atoms. The molecule has 1 N–H and O–H groups in total. The summed E-state index contributed by atoms with van der Waals surface area (Å²) in [6.07, 6.45) is 2.31. The molecular weight excluding hydrogens is 236 g/mol. The van der Waals surface area contributed by atoms with Crippen LogP contribution < -0.4 is 5.32 Å². The molecule has 1 aromatic heterocycles. The van der Waals surface area contributed by atoms with Gasteiger partial charge in [0.1, 0.15) is 5.52 Å². The number of hydrogen-bond donors (Lipinski definition) is 1. The Kier molecular flexibility index (Phi) is 2.81. The molecule has 90 valence electrons. The second-order valence-corrected chi connectivity index (χ2v) is 5.04. The van der Waals surface area contributed by atoms with E-state index in [1.165, 1.54) is 6.42 Å². The van der Waals surface area contributed by atoms with Gasteiger partial charge in [-0.15, -0.1) is 0 Å². The van der Waals surface area contributed by atoms with E-state index in [1.54, 1.807) is 0 Å². The first-order valence-electron chi connectivity index (χ1n) is 6.02. The molecule has 2 aromatic rings. The van der Waals surface area contributed by atoms with E-state index in [1.807, 2.05) is 19.1 Å². The van der Waals surface area contributed by atoms with E-state index in [0.717, 1.165) is 42.1 Å². The zero-order valence-corrected chi connectivity index (χ0v) is 10.5. The molecule has 1 aromatic carbocycles. The number of nitrogens with one attached hydrogen (secondary N) is 1.